The van der Waals surface area contributed by atoms with Gasteiger partial charge in [-0.3, -0.25) is 4.79 Å². The molecule has 0 aliphatic rings. The van der Waals surface area contributed by atoms with E-state index in [1.807, 2.05) is 40.3 Å². The van der Waals surface area contributed by atoms with Gasteiger partial charge in [-0.1, -0.05) is 35.0 Å². The first kappa shape index (κ1) is 19.6. The first-order valence-corrected chi connectivity index (χ1v) is 8.91. The molecule has 2 aromatic heterocycles. The number of hydrogen-bond donors (Lipinski definition) is 1. The minimum atomic E-state index is -0.377. The van der Waals surface area contributed by atoms with E-state index in [9.17, 15) is 4.79 Å². The van der Waals surface area contributed by atoms with Crippen LogP contribution in [0.15, 0.2) is 35.0 Å². The average Bonchev–Trinajstić information content (AvgIpc) is 3.03. The van der Waals surface area contributed by atoms with Crippen LogP contribution in [0.1, 0.15) is 16.1 Å². The fourth-order valence-electron chi connectivity index (χ4n) is 2.67. The van der Waals surface area contributed by atoms with Crippen LogP contribution in [0.25, 0.3) is 11.3 Å². The van der Waals surface area contributed by atoms with Gasteiger partial charge in [-0.2, -0.15) is 4.98 Å². The number of amides is 1. The van der Waals surface area contributed by atoms with Crippen molar-refractivity contribution in [3.8, 4) is 11.3 Å². The van der Waals surface area contributed by atoms with Crippen molar-refractivity contribution >= 4 is 35.0 Å². The van der Waals surface area contributed by atoms with Gasteiger partial charge in [0, 0.05) is 33.8 Å². The van der Waals surface area contributed by atoms with Gasteiger partial charge >= 0.3 is 0 Å². The lowest BCUT2D eigenvalue weighted by Crippen LogP contribution is -2.21. The van der Waals surface area contributed by atoms with Crippen LogP contribution >= 0.6 is 11.6 Å². The van der Waals surface area contributed by atoms with E-state index in [1.165, 1.54) is 0 Å². The van der Waals surface area contributed by atoms with E-state index < -0.39 is 0 Å². The summed E-state index contributed by atoms with van der Waals surface area (Å²) in [6.45, 7) is 1.68. The molecule has 2 heterocycles. The van der Waals surface area contributed by atoms with Gasteiger partial charge in [0.1, 0.15) is 22.7 Å². The van der Waals surface area contributed by atoms with Gasteiger partial charge in [-0.25, -0.2) is 4.98 Å². The van der Waals surface area contributed by atoms with E-state index in [0.717, 1.165) is 0 Å². The van der Waals surface area contributed by atoms with Crippen LogP contribution in [0.5, 0.6) is 0 Å². The molecule has 3 aromatic rings. The molecular formula is C19H21ClN6O2. The minimum Gasteiger partial charge on any atom is -0.361 e. The van der Waals surface area contributed by atoms with E-state index in [1.54, 1.807) is 35.1 Å². The minimum absolute atomic E-state index is 0.314. The van der Waals surface area contributed by atoms with Crippen molar-refractivity contribution in [1.82, 2.24) is 15.1 Å². The number of rotatable bonds is 5. The molecule has 0 aliphatic heterocycles. The molecule has 0 saturated carbocycles. The summed E-state index contributed by atoms with van der Waals surface area (Å²) in [4.78, 5) is 25.4. The number of carbonyl (C=O) groups excluding carboxylic acids is 1. The van der Waals surface area contributed by atoms with E-state index in [2.05, 4.69) is 20.4 Å². The molecule has 146 valence electrons. The van der Waals surface area contributed by atoms with Crippen molar-refractivity contribution in [3.63, 3.8) is 0 Å². The summed E-state index contributed by atoms with van der Waals surface area (Å²) >= 11 is 6.27. The van der Waals surface area contributed by atoms with E-state index in [4.69, 9.17) is 16.1 Å². The van der Waals surface area contributed by atoms with Gasteiger partial charge in [-0.15, -0.1) is 0 Å². The van der Waals surface area contributed by atoms with Crippen LogP contribution in [0, 0.1) is 6.92 Å². The summed E-state index contributed by atoms with van der Waals surface area (Å²) in [7, 11) is 7.39. The molecule has 1 N–H and O–H groups in total. The number of hydrogen-bond acceptors (Lipinski definition) is 7. The third-order valence-corrected chi connectivity index (χ3v) is 4.38. The van der Waals surface area contributed by atoms with Crippen LogP contribution in [-0.4, -0.2) is 49.2 Å². The highest BCUT2D eigenvalue weighted by Gasteiger charge is 2.24. The zero-order chi connectivity index (χ0) is 20.4. The molecule has 1 amide bonds. The molecule has 0 bridgehead atoms. The topological polar surface area (TPSA) is 87.4 Å². The predicted octanol–water partition coefficient (Wildman–Crippen LogP) is 3.48. The molecule has 8 nitrogen and oxygen atoms in total. The maximum Gasteiger partial charge on any atom is 0.261 e. The van der Waals surface area contributed by atoms with Crippen molar-refractivity contribution in [2.75, 3.05) is 43.3 Å². The number of carbonyl (C=O) groups is 1. The fraction of sp³-hybridized carbons (Fsp3) is 0.263. The lowest BCUT2D eigenvalue weighted by molar-refractivity contribution is 0.102. The molecule has 1 aromatic carbocycles. The summed E-state index contributed by atoms with van der Waals surface area (Å²) in [6, 6.07) is 7.16. The average molecular weight is 401 g/mol. The van der Waals surface area contributed by atoms with Crippen molar-refractivity contribution in [3.05, 3.63) is 46.8 Å². The molecule has 28 heavy (non-hydrogen) atoms. The van der Waals surface area contributed by atoms with Crippen LogP contribution in [0.2, 0.25) is 5.02 Å². The van der Waals surface area contributed by atoms with Crippen molar-refractivity contribution in [2.24, 2.45) is 0 Å². The van der Waals surface area contributed by atoms with Crippen molar-refractivity contribution in [2.45, 2.75) is 6.92 Å². The number of halogens is 1. The van der Waals surface area contributed by atoms with Gasteiger partial charge in [0.25, 0.3) is 5.91 Å². The maximum absolute atomic E-state index is 13.1. The second-order valence-corrected chi connectivity index (χ2v) is 7.00. The highest BCUT2D eigenvalue weighted by Crippen LogP contribution is 2.32. The number of aryl methyl sites for hydroxylation is 1. The smallest absolute Gasteiger partial charge is 0.261 e. The predicted molar refractivity (Wildman–Crippen MR) is 110 cm³/mol. The monoisotopic (exact) mass is 400 g/mol. The molecule has 9 heteroatoms. The summed E-state index contributed by atoms with van der Waals surface area (Å²) in [5.74, 6) is 1.14. The first-order valence-electron chi connectivity index (χ1n) is 8.53. The van der Waals surface area contributed by atoms with E-state index in [-0.39, 0.29) is 5.91 Å². The van der Waals surface area contributed by atoms with Gasteiger partial charge in [-0.05, 0) is 13.0 Å². The van der Waals surface area contributed by atoms with E-state index in [0.29, 0.717) is 45.1 Å². The molecule has 0 spiro atoms. The van der Waals surface area contributed by atoms with Gasteiger partial charge < -0.3 is 19.6 Å². The third kappa shape index (κ3) is 3.77. The second-order valence-electron chi connectivity index (χ2n) is 6.59. The largest absolute Gasteiger partial charge is 0.361 e. The van der Waals surface area contributed by atoms with Gasteiger partial charge in [0.15, 0.2) is 5.82 Å². The Bertz CT molecular complexity index is 1020. The number of benzene rings is 1. The molecule has 0 fully saturated rings. The van der Waals surface area contributed by atoms with Crippen LogP contribution in [0.3, 0.4) is 0 Å². The molecule has 3 rings (SSSR count). The number of nitrogens with one attached hydrogen (secondary N) is 1. The van der Waals surface area contributed by atoms with Gasteiger partial charge in [0.05, 0.1) is 11.2 Å². The number of aromatic nitrogens is 3. The SMILES string of the molecule is Cc1onc(-c2ccccc2Cl)c1C(=O)Nc1cnc(N(C)C)nc1N(C)C. The highest BCUT2D eigenvalue weighted by atomic mass is 35.5. The highest BCUT2D eigenvalue weighted by molar-refractivity contribution is 6.33. The lowest BCUT2D eigenvalue weighted by atomic mass is 10.1. The quantitative estimate of drug-likeness (QED) is 0.701. The Labute approximate surface area is 168 Å². The Morgan fingerprint density at radius 3 is 2.50 bits per heavy atom. The normalized spacial score (nSPS) is 10.6. The standard InChI is InChI=1S/C19H21ClN6O2/c1-11-15(16(24-28-11)12-8-6-7-9-13(12)20)18(27)22-14-10-21-19(26(4)5)23-17(14)25(2)3/h6-10H,1-5H3,(H,22,27). The molecule has 0 saturated heterocycles. The molecule has 0 radical (unpaired) electrons. The summed E-state index contributed by atoms with van der Waals surface area (Å²) in [6.07, 6.45) is 1.58. The van der Waals surface area contributed by atoms with Crippen LogP contribution in [0.4, 0.5) is 17.5 Å². The Morgan fingerprint density at radius 1 is 1.14 bits per heavy atom. The Morgan fingerprint density at radius 2 is 1.86 bits per heavy atom. The fourth-order valence-corrected chi connectivity index (χ4v) is 2.90. The molecular weight excluding hydrogens is 380 g/mol. The maximum atomic E-state index is 13.1. The van der Waals surface area contributed by atoms with E-state index >= 15 is 0 Å². The van der Waals surface area contributed by atoms with Gasteiger partial charge in [0.2, 0.25) is 5.95 Å². The number of anilines is 3. The lowest BCUT2D eigenvalue weighted by Gasteiger charge is -2.19. The van der Waals surface area contributed by atoms with Crippen LogP contribution < -0.4 is 15.1 Å². The summed E-state index contributed by atoms with van der Waals surface area (Å²) < 4.78 is 5.27. The summed E-state index contributed by atoms with van der Waals surface area (Å²) in [5.41, 5.74) is 1.80. The molecule has 0 unspecified atom stereocenters. The third-order valence-electron chi connectivity index (χ3n) is 4.05. The second kappa shape index (κ2) is 7.85. The molecule has 0 aliphatic carbocycles. The Balaban J connectivity index is 1.99. The zero-order valence-electron chi connectivity index (χ0n) is 16.3. The Kier molecular flexibility index (Phi) is 5.51. The summed E-state index contributed by atoms with van der Waals surface area (Å²) in [5, 5.41) is 7.38. The number of nitrogens with zero attached hydrogens (tertiary/aromatic N) is 5. The zero-order valence-corrected chi connectivity index (χ0v) is 17.1. The van der Waals surface area contributed by atoms with Crippen molar-refractivity contribution in [1.29, 1.82) is 0 Å². The van der Waals surface area contributed by atoms with Crippen LogP contribution in [-0.2, 0) is 0 Å². The molecule has 0 atom stereocenters. The first-order chi connectivity index (χ1) is 13.3. The van der Waals surface area contributed by atoms with Crippen molar-refractivity contribution < 1.29 is 9.32 Å². The Hall–Kier alpha value is -3.13.